The van der Waals surface area contributed by atoms with E-state index in [0.29, 0.717) is 31.5 Å². The van der Waals surface area contributed by atoms with Crippen LogP contribution in [0.2, 0.25) is 0 Å². The molecule has 4 heterocycles. The summed E-state index contributed by atoms with van der Waals surface area (Å²) in [6.07, 6.45) is 9.38. The van der Waals surface area contributed by atoms with Gasteiger partial charge < -0.3 is 4.98 Å². The summed E-state index contributed by atoms with van der Waals surface area (Å²) in [5.41, 5.74) is 2.94. The molecular formula is C19H18N5O3S. The third-order valence-electron chi connectivity index (χ3n) is 5.56. The van der Waals surface area contributed by atoms with Crippen LogP contribution in [0.25, 0.3) is 27.9 Å². The lowest BCUT2D eigenvalue weighted by Crippen LogP contribution is -2.37. The maximum Gasteiger partial charge on any atom is 0.278 e. The highest BCUT2D eigenvalue weighted by Crippen LogP contribution is 2.36. The molecule has 1 radical (unpaired) electrons. The Labute approximate surface area is 161 Å². The Balaban J connectivity index is 1.64. The van der Waals surface area contributed by atoms with E-state index in [4.69, 9.17) is 4.98 Å². The van der Waals surface area contributed by atoms with Gasteiger partial charge in [0.15, 0.2) is 0 Å². The first-order chi connectivity index (χ1) is 13.4. The van der Waals surface area contributed by atoms with E-state index in [1.807, 2.05) is 12.1 Å². The molecule has 143 valence electrons. The minimum Gasteiger partial charge on any atom is -0.341 e. The van der Waals surface area contributed by atoms with Crippen molar-refractivity contribution in [2.24, 2.45) is 0 Å². The molecule has 28 heavy (non-hydrogen) atoms. The number of fused-ring (bicyclic) bond motifs is 6. The molecule has 1 aromatic carbocycles. The molecule has 0 unspecified atom stereocenters. The number of carbonyl (C=O) groups excluding carboxylic acids is 1. The van der Waals surface area contributed by atoms with Crippen LogP contribution in [0.5, 0.6) is 0 Å². The number of benzene rings is 1. The first-order valence-electron chi connectivity index (χ1n) is 9.09. The molecule has 8 nitrogen and oxygen atoms in total. The minimum absolute atomic E-state index is 0.140. The van der Waals surface area contributed by atoms with E-state index < -0.39 is 10.0 Å². The SMILES string of the molecule is CS(=O)(=O)N1CCC(c2nc3c([nH]2)c2c(c4ccncc43)C(=O)[N]C=C2)CC1. The molecule has 0 atom stereocenters. The second-order valence-electron chi connectivity index (χ2n) is 7.24. The van der Waals surface area contributed by atoms with Crippen LogP contribution in [0.15, 0.2) is 24.7 Å². The van der Waals surface area contributed by atoms with Crippen molar-refractivity contribution in [2.75, 3.05) is 19.3 Å². The standard InChI is InChI=1S/C19H18N5O3S/c1-28(26,27)24-8-4-11(5-9-24)18-22-16-13-3-7-21-19(25)15(13)12-2-6-20-10-14(12)17(16)23-18/h2-3,6-7,10-11H,4-5,8-9H2,1H3,(H,22,23). The van der Waals surface area contributed by atoms with Gasteiger partial charge in [-0.3, -0.25) is 9.78 Å². The lowest BCUT2D eigenvalue weighted by Gasteiger charge is -2.29. The highest BCUT2D eigenvalue weighted by molar-refractivity contribution is 7.88. The van der Waals surface area contributed by atoms with Crippen molar-refractivity contribution < 1.29 is 13.2 Å². The van der Waals surface area contributed by atoms with Crippen molar-refractivity contribution >= 4 is 43.8 Å². The highest BCUT2D eigenvalue weighted by Gasteiger charge is 2.29. The predicted octanol–water partition coefficient (Wildman–Crippen LogP) is 1.98. The molecule has 0 saturated carbocycles. The van der Waals surface area contributed by atoms with Crippen molar-refractivity contribution in [3.8, 4) is 0 Å². The number of rotatable bonds is 2. The van der Waals surface area contributed by atoms with Gasteiger partial charge in [-0.2, -0.15) is 0 Å². The van der Waals surface area contributed by atoms with Gasteiger partial charge in [0, 0.05) is 53.9 Å². The number of aromatic amines is 1. The molecule has 0 spiro atoms. The third kappa shape index (κ3) is 2.61. The van der Waals surface area contributed by atoms with Crippen LogP contribution in [0.4, 0.5) is 0 Å². The maximum absolute atomic E-state index is 12.4. The Morgan fingerprint density at radius 1 is 1.21 bits per heavy atom. The van der Waals surface area contributed by atoms with Gasteiger partial charge in [-0.25, -0.2) is 23.0 Å². The fraction of sp³-hybridized carbons (Fsp3) is 0.316. The van der Waals surface area contributed by atoms with Crippen LogP contribution < -0.4 is 5.32 Å². The molecule has 0 aliphatic carbocycles. The molecule has 9 heteroatoms. The Morgan fingerprint density at radius 2 is 2.00 bits per heavy atom. The molecule has 5 rings (SSSR count). The summed E-state index contributed by atoms with van der Waals surface area (Å²) in [6.45, 7) is 0.969. The fourth-order valence-electron chi connectivity index (χ4n) is 4.15. The molecule has 1 saturated heterocycles. The van der Waals surface area contributed by atoms with Crippen LogP contribution >= 0.6 is 0 Å². The summed E-state index contributed by atoms with van der Waals surface area (Å²) in [5, 5.41) is 5.52. The second kappa shape index (κ2) is 6.11. The molecular weight excluding hydrogens is 378 g/mol. The van der Waals surface area contributed by atoms with Crippen molar-refractivity contribution in [3.63, 3.8) is 0 Å². The van der Waals surface area contributed by atoms with Crippen molar-refractivity contribution in [1.82, 2.24) is 24.6 Å². The van der Waals surface area contributed by atoms with Gasteiger partial charge in [0.2, 0.25) is 10.0 Å². The smallest absolute Gasteiger partial charge is 0.278 e. The summed E-state index contributed by atoms with van der Waals surface area (Å²) in [6, 6.07) is 1.82. The van der Waals surface area contributed by atoms with E-state index in [2.05, 4.69) is 15.3 Å². The zero-order valence-corrected chi connectivity index (χ0v) is 16.0. The van der Waals surface area contributed by atoms with Crippen LogP contribution in [0.1, 0.15) is 40.5 Å². The Bertz CT molecular complexity index is 1250. The van der Waals surface area contributed by atoms with Gasteiger partial charge >= 0.3 is 0 Å². The van der Waals surface area contributed by atoms with E-state index in [0.717, 1.165) is 33.2 Å². The number of H-pyrrole nitrogens is 1. The quantitative estimate of drug-likeness (QED) is 0.712. The number of aromatic nitrogens is 3. The highest BCUT2D eigenvalue weighted by atomic mass is 32.2. The number of nitrogens with zero attached hydrogens (tertiary/aromatic N) is 4. The first-order valence-corrected chi connectivity index (χ1v) is 10.9. The van der Waals surface area contributed by atoms with E-state index >= 15 is 0 Å². The Hall–Kier alpha value is -2.78. The number of hydrogen-bond donors (Lipinski definition) is 1. The molecule has 1 N–H and O–H groups in total. The molecule has 1 fully saturated rings. The molecule has 2 aliphatic heterocycles. The normalized spacial score (nSPS) is 18.5. The number of nitrogens with one attached hydrogen (secondary N) is 1. The number of sulfonamides is 1. The van der Waals surface area contributed by atoms with Gasteiger partial charge in [-0.05, 0) is 25.0 Å². The Kier molecular flexibility index (Phi) is 3.78. The fourth-order valence-corrected chi connectivity index (χ4v) is 5.02. The summed E-state index contributed by atoms with van der Waals surface area (Å²) < 4.78 is 25.0. The number of piperidine rings is 1. The summed E-state index contributed by atoms with van der Waals surface area (Å²) in [7, 11) is -3.17. The van der Waals surface area contributed by atoms with Crippen molar-refractivity contribution in [1.29, 1.82) is 0 Å². The van der Waals surface area contributed by atoms with Crippen LogP contribution in [-0.4, -0.2) is 52.9 Å². The second-order valence-corrected chi connectivity index (χ2v) is 9.22. The zero-order valence-electron chi connectivity index (χ0n) is 15.2. The molecule has 1 amide bonds. The van der Waals surface area contributed by atoms with Gasteiger partial charge in [-0.15, -0.1) is 0 Å². The van der Waals surface area contributed by atoms with E-state index in [-0.39, 0.29) is 11.8 Å². The van der Waals surface area contributed by atoms with Gasteiger partial charge in [0.05, 0.1) is 22.9 Å². The van der Waals surface area contributed by atoms with Gasteiger partial charge in [0.25, 0.3) is 5.91 Å². The predicted molar refractivity (Wildman–Crippen MR) is 105 cm³/mol. The summed E-state index contributed by atoms with van der Waals surface area (Å²) in [5.74, 6) is 0.694. The lowest BCUT2D eigenvalue weighted by molar-refractivity contribution is 0.0966. The summed E-state index contributed by atoms with van der Waals surface area (Å²) >= 11 is 0. The molecule has 2 aromatic heterocycles. The monoisotopic (exact) mass is 396 g/mol. The molecule has 2 aliphatic rings. The van der Waals surface area contributed by atoms with Crippen molar-refractivity contribution in [3.05, 3.63) is 41.6 Å². The Morgan fingerprint density at radius 3 is 2.75 bits per heavy atom. The first kappa shape index (κ1) is 17.3. The van der Waals surface area contributed by atoms with E-state index in [9.17, 15) is 13.2 Å². The van der Waals surface area contributed by atoms with Gasteiger partial charge in [0.1, 0.15) is 5.82 Å². The van der Waals surface area contributed by atoms with Crippen LogP contribution in [-0.2, 0) is 10.0 Å². The average Bonchev–Trinajstić information content (AvgIpc) is 3.13. The maximum atomic E-state index is 12.4. The van der Waals surface area contributed by atoms with Gasteiger partial charge in [-0.1, -0.05) is 0 Å². The summed E-state index contributed by atoms with van der Waals surface area (Å²) in [4.78, 5) is 24.9. The number of amides is 1. The number of pyridine rings is 1. The van der Waals surface area contributed by atoms with E-state index in [1.54, 1.807) is 12.4 Å². The minimum atomic E-state index is -3.17. The third-order valence-corrected chi connectivity index (χ3v) is 6.87. The molecule has 3 aromatic rings. The number of carbonyl (C=O) groups is 1. The van der Waals surface area contributed by atoms with Crippen LogP contribution in [0, 0.1) is 0 Å². The number of imidazole rings is 1. The average molecular weight is 396 g/mol. The lowest BCUT2D eigenvalue weighted by atomic mass is 9.96. The number of hydrogen-bond acceptors (Lipinski definition) is 5. The topological polar surface area (TPSA) is 110 Å². The van der Waals surface area contributed by atoms with Crippen LogP contribution in [0.3, 0.4) is 0 Å². The molecule has 0 bridgehead atoms. The zero-order chi connectivity index (χ0) is 19.5. The van der Waals surface area contributed by atoms with E-state index in [1.165, 1.54) is 16.8 Å². The largest absolute Gasteiger partial charge is 0.341 e. The van der Waals surface area contributed by atoms with Crippen molar-refractivity contribution in [2.45, 2.75) is 18.8 Å².